The fourth-order valence-electron chi connectivity index (χ4n) is 3.92. The van der Waals surface area contributed by atoms with Crippen molar-refractivity contribution in [3.8, 4) is 5.69 Å². The SMILES string of the molecule is CC(=O)O.CC(=O)O.CN(C)CC(=O)N1CCCN(c2ncccc2CNc2nnnn2-c2ccc(F)c(Cl)c2Cl)CC1. The van der Waals surface area contributed by atoms with Crippen molar-refractivity contribution in [3.63, 3.8) is 0 Å². The first-order valence-electron chi connectivity index (χ1n) is 13.0. The molecule has 0 atom stereocenters. The summed E-state index contributed by atoms with van der Waals surface area (Å²) in [6, 6.07) is 6.51. The van der Waals surface area contributed by atoms with Crippen molar-refractivity contribution in [1.82, 2.24) is 35.0 Å². The fourth-order valence-corrected chi connectivity index (χ4v) is 4.31. The van der Waals surface area contributed by atoms with Crippen LogP contribution in [0.3, 0.4) is 0 Å². The van der Waals surface area contributed by atoms with Crippen LogP contribution in [0, 0.1) is 5.82 Å². The summed E-state index contributed by atoms with van der Waals surface area (Å²) >= 11 is 12.2. The first kappa shape index (κ1) is 35.1. The highest BCUT2D eigenvalue weighted by molar-refractivity contribution is 6.43. The molecule has 3 heterocycles. The summed E-state index contributed by atoms with van der Waals surface area (Å²) in [5, 5.41) is 29.6. The lowest BCUT2D eigenvalue weighted by atomic mass is 10.2. The van der Waals surface area contributed by atoms with Gasteiger partial charge in [0, 0.05) is 58.3 Å². The first-order valence-corrected chi connectivity index (χ1v) is 13.7. The van der Waals surface area contributed by atoms with Gasteiger partial charge in [-0.3, -0.25) is 14.4 Å². The number of aliphatic carboxylic acids is 2. The van der Waals surface area contributed by atoms with Crippen LogP contribution in [-0.4, -0.2) is 110 Å². The van der Waals surface area contributed by atoms with Crippen molar-refractivity contribution >= 4 is 52.8 Å². The van der Waals surface area contributed by atoms with Gasteiger partial charge in [0.25, 0.3) is 11.9 Å². The number of carbonyl (C=O) groups is 3. The van der Waals surface area contributed by atoms with Crippen LogP contribution < -0.4 is 10.2 Å². The van der Waals surface area contributed by atoms with Crippen molar-refractivity contribution in [3.05, 3.63) is 51.9 Å². The van der Waals surface area contributed by atoms with E-state index >= 15 is 0 Å². The number of halogens is 3. The maximum atomic E-state index is 13.7. The zero-order chi connectivity index (χ0) is 32.1. The van der Waals surface area contributed by atoms with E-state index in [0.717, 1.165) is 44.7 Å². The second-order valence-electron chi connectivity index (χ2n) is 9.45. The molecule has 1 saturated heterocycles. The van der Waals surface area contributed by atoms with Gasteiger partial charge < -0.3 is 30.2 Å². The Hall–Kier alpha value is -4.08. The molecule has 4 rings (SSSR count). The molecule has 2 aromatic heterocycles. The number of hydrogen-bond donors (Lipinski definition) is 3. The van der Waals surface area contributed by atoms with Crippen molar-refractivity contribution in [1.29, 1.82) is 0 Å². The number of rotatable bonds is 7. The van der Waals surface area contributed by atoms with E-state index in [9.17, 15) is 9.18 Å². The maximum Gasteiger partial charge on any atom is 0.300 e. The van der Waals surface area contributed by atoms with Gasteiger partial charge >= 0.3 is 0 Å². The Bertz CT molecular complexity index is 1370. The number of tetrazole rings is 1. The summed E-state index contributed by atoms with van der Waals surface area (Å²) in [5.74, 6) is -1.00. The fraction of sp³-hybridized carbons (Fsp3) is 0.423. The lowest BCUT2D eigenvalue weighted by molar-refractivity contribution is -0.135. The van der Waals surface area contributed by atoms with Crippen molar-refractivity contribution in [2.75, 3.05) is 57.0 Å². The van der Waals surface area contributed by atoms with Crippen molar-refractivity contribution in [2.45, 2.75) is 26.8 Å². The Morgan fingerprint density at radius 3 is 2.35 bits per heavy atom. The molecule has 0 spiro atoms. The van der Waals surface area contributed by atoms with E-state index < -0.39 is 17.8 Å². The van der Waals surface area contributed by atoms with Crippen LogP contribution in [0.25, 0.3) is 5.69 Å². The second kappa shape index (κ2) is 17.1. The smallest absolute Gasteiger partial charge is 0.300 e. The number of carbonyl (C=O) groups excluding carboxylic acids is 1. The van der Waals surface area contributed by atoms with Gasteiger partial charge in [-0.05, 0) is 49.1 Å². The molecule has 1 fully saturated rings. The standard InChI is InChI=1S/C22H26Cl2FN9O.2C2H4O2/c1-31(2)14-18(35)32-9-4-10-33(12-11-32)21-15(5-3-8-26-21)13-27-22-28-29-30-34(22)17-7-6-16(25)19(23)20(17)24;2*1-2(3)4/h3,5-8H,4,9-14H2,1-2H3,(H,27,28,30);2*1H3,(H,3,4). The minimum atomic E-state index is -0.833. The molecule has 1 aliphatic rings. The lowest BCUT2D eigenvalue weighted by Gasteiger charge is -2.25. The molecule has 3 aromatic rings. The van der Waals surface area contributed by atoms with Gasteiger partial charge in [0.05, 0.1) is 22.3 Å². The number of aromatic nitrogens is 5. The third kappa shape index (κ3) is 11.3. The molecule has 0 aliphatic carbocycles. The summed E-state index contributed by atoms with van der Waals surface area (Å²) in [6.07, 6.45) is 2.60. The molecule has 3 N–H and O–H groups in total. The molecular weight excluding hydrogens is 608 g/mol. The van der Waals surface area contributed by atoms with Gasteiger partial charge in [0.2, 0.25) is 11.9 Å². The number of carboxylic acid groups (broad SMARTS) is 2. The van der Waals surface area contributed by atoms with Crippen molar-refractivity contribution in [2.24, 2.45) is 0 Å². The third-order valence-corrected chi connectivity index (χ3v) is 6.47. The van der Waals surface area contributed by atoms with E-state index in [4.69, 9.17) is 43.0 Å². The number of nitrogens with zero attached hydrogens (tertiary/aromatic N) is 8. The highest BCUT2D eigenvalue weighted by Crippen LogP contribution is 2.31. The summed E-state index contributed by atoms with van der Waals surface area (Å²) < 4.78 is 15.1. The normalized spacial score (nSPS) is 12.8. The third-order valence-electron chi connectivity index (χ3n) is 5.62. The van der Waals surface area contributed by atoms with Gasteiger partial charge in [-0.15, -0.1) is 0 Å². The summed E-state index contributed by atoms with van der Waals surface area (Å²) in [5.41, 5.74) is 1.30. The number of pyridine rings is 1. The number of anilines is 2. The summed E-state index contributed by atoms with van der Waals surface area (Å²) in [6.45, 7) is 5.78. The average molecular weight is 643 g/mol. The highest BCUT2D eigenvalue weighted by Gasteiger charge is 2.22. The van der Waals surface area contributed by atoms with Crippen molar-refractivity contribution < 1.29 is 29.0 Å². The summed E-state index contributed by atoms with van der Waals surface area (Å²) in [4.78, 5) is 41.1. The predicted molar refractivity (Wildman–Crippen MR) is 159 cm³/mol. The lowest BCUT2D eigenvalue weighted by Crippen LogP contribution is -2.40. The average Bonchev–Trinajstić information content (AvgIpc) is 3.24. The summed E-state index contributed by atoms with van der Waals surface area (Å²) in [7, 11) is 3.79. The second-order valence-corrected chi connectivity index (χ2v) is 10.2. The number of likely N-dealkylation sites (N-methyl/N-ethyl adjacent to an activating group) is 1. The van der Waals surface area contributed by atoms with E-state index in [2.05, 4.69) is 30.7 Å². The molecule has 43 heavy (non-hydrogen) atoms. The molecule has 1 amide bonds. The maximum absolute atomic E-state index is 13.7. The number of hydrogen-bond acceptors (Lipinski definition) is 10. The molecule has 0 saturated carbocycles. The molecule has 1 aliphatic heterocycles. The first-order chi connectivity index (χ1) is 20.3. The minimum Gasteiger partial charge on any atom is -0.481 e. The van der Waals surface area contributed by atoms with E-state index in [0.29, 0.717) is 37.8 Å². The Morgan fingerprint density at radius 1 is 1.02 bits per heavy atom. The quantitative estimate of drug-likeness (QED) is 0.323. The van der Waals surface area contributed by atoms with Crippen LogP contribution in [0.2, 0.25) is 10.0 Å². The van der Waals surface area contributed by atoms with Gasteiger partial charge in [0.1, 0.15) is 11.6 Å². The van der Waals surface area contributed by atoms with E-state index in [-0.39, 0.29) is 16.0 Å². The van der Waals surface area contributed by atoms with Gasteiger partial charge in [-0.2, -0.15) is 4.68 Å². The Morgan fingerprint density at radius 2 is 1.70 bits per heavy atom. The van der Waals surface area contributed by atoms with Crippen LogP contribution in [0.5, 0.6) is 0 Å². The Labute approximate surface area is 258 Å². The Kier molecular flexibility index (Phi) is 14.0. The van der Waals surface area contributed by atoms with Gasteiger partial charge in [0.15, 0.2) is 0 Å². The van der Waals surface area contributed by atoms with E-state index in [1.807, 2.05) is 36.0 Å². The monoisotopic (exact) mass is 641 g/mol. The molecule has 0 radical (unpaired) electrons. The van der Waals surface area contributed by atoms with E-state index in [1.165, 1.54) is 16.8 Å². The van der Waals surface area contributed by atoms with Crippen LogP contribution >= 0.6 is 23.2 Å². The number of carboxylic acids is 2. The topological polar surface area (TPSA) is 170 Å². The van der Waals surface area contributed by atoms with Gasteiger partial charge in [-0.25, -0.2) is 9.37 Å². The Balaban J connectivity index is 0.000000719. The number of nitrogens with one attached hydrogen (secondary N) is 1. The number of benzene rings is 1. The van der Waals surface area contributed by atoms with E-state index in [1.54, 1.807) is 6.20 Å². The van der Waals surface area contributed by atoms with Gasteiger partial charge in [-0.1, -0.05) is 34.4 Å². The molecule has 17 heteroatoms. The zero-order valence-electron chi connectivity index (χ0n) is 24.2. The molecule has 234 valence electrons. The molecule has 14 nitrogen and oxygen atoms in total. The molecule has 1 aromatic carbocycles. The zero-order valence-corrected chi connectivity index (χ0v) is 25.7. The molecule has 0 unspecified atom stereocenters. The van der Waals surface area contributed by atoms with Crippen LogP contribution in [0.1, 0.15) is 25.8 Å². The minimum absolute atomic E-state index is 0.0158. The highest BCUT2D eigenvalue weighted by atomic mass is 35.5. The van der Waals surface area contributed by atoms with Crippen LogP contribution in [0.4, 0.5) is 16.2 Å². The predicted octanol–water partition coefficient (Wildman–Crippen LogP) is 2.90. The molecular formula is C26H34Cl2FN9O5. The van der Waals surface area contributed by atoms with Crippen LogP contribution in [-0.2, 0) is 20.9 Å². The largest absolute Gasteiger partial charge is 0.481 e. The number of amides is 1. The molecule has 0 bridgehead atoms. The van der Waals surface area contributed by atoms with Crippen LogP contribution in [0.15, 0.2) is 30.5 Å².